The fourth-order valence-corrected chi connectivity index (χ4v) is 2.19. The molecule has 6 nitrogen and oxygen atoms in total. The highest BCUT2D eigenvalue weighted by Crippen LogP contribution is 2.13. The molecule has 7 heteroatoms. The fraction of sp³-hybridized carbons (Fsp3) is 0.545. The lowest BCUT2D eigenvalue weighted by Crippen LogP contribution is -2.35. The van der Waals surface area contributed by atoms with Crippen molar-refractivity contribution in [2.75, 3.05) is 19.3 Å². The Hall–Kier alpha value is -1.68. The maximum absolute atomic E-state index is 8.42. The van der Waals surface area contributed by atoms with Gasteiger partial charge in [0.1, 0.15) is 0 Å². The molecule has 0 aromatic carbocycles. The number of imidazole rings is 1. The van der Waals surface area contributed by atoms with Crippen LogP contribution in [0, 0.1) is 18.4 Å². The predicted molar refractivity (Wildman–Crippen MR) is 74.2 cm³/mol. The highest BCUT2D eigenvalue weighted by Gasteiger charge is 2.03. The van der Waals surface area contributed by atoms with Gasteiger partial charge in [-0.15, -0.1) is 4.99 Å². The highest BCUT2D eigenvalue weighted by molar-refractivity contribution is 7.98. The molecular formula is C11H18N6S. The zero-order valence-electron chi connectivity index (χ0n) is 10.9. The number of aryl methyl sites for hydroxylation is 1. The molecule has 1 heterocycles. The van der Waals surface area contributed by atoms with Gasteiger partial charge in [0.05, 0.1) is 12.0 Å². The molecule has 0 spiro atoms. The van der Waals surface area contributed by atoms with Gasteiger partial charge in [-0.2, -0.15) is 17.0 Å². The first-order chi connectivity index (χ1) is 8.69. The van der Waals surface area contributed by atoms with Crippen LogP contribution in [0.5, 0.6) is 0 Å². The van der Waals surface area contributed by atoms with Crippen LogP contribution in [-0.2, 0) is 12.8 Å². The van der Waals surface area contributed by atoms with Gasteiger partial charge in [0.25, 0.3) is 0 Å². The number of hydrogen-bond donors (Lipinski definition) is 2. The quantitative estimate of drug-likeness (QED) is 0.353. The number of aliphatic imine (C=N–C) groups is 1. The van der Waals surface area contributed by atoms with Crippen LogP contribution in [0.4, 0.5) is 0 Å². The Morgan fingerprint density at radius 1 is 1.67 bits per heavy atom. The molecule has 2 N–H and O–H groups in total. The number of thioether (sulfide) groups is 1. The first kappa shape index (κ1) is 14.4. The largest absolute Gasteiger partial charge is 0.359 e. The van der Waals surface area contributed by atoms with E-state index in [1.54, 1.807) is 25.0 Å². The molecule has 18 heavy (non-hydrogen) atoms. The number of aromatic nitrogens is 2. The molecule has 0 aliphatic carbocycles. The van der Waals surface area contributed by atoms with Gasteiger partial charge >= 0.3 is 0 Å². The Morgan fingerprint density at radius 2 is 2.44 bits per heavy atom. The number of nitrogens with one attached hydrogen (secondary N) is 2. The van der Waals surface area contributed by atoms with E-state index in [0.29, 0.717) is 5.96 Å². The summed E-state index contributed by atoms with van der Waals surface area (Å²) in [6, 6.07) is 0. The molecule has 0 aliphatic heterocycles. The van der Waals surface area contributed by atoms with E-state index < -0.39 is 0 Å². The van der Waals surface area contributed by atoms with Crippen molar-refractivity contribution in [1.82, 2.24) is 20.2 Å². The van der Waals surface area contributed by atoms with Gasteiger partial charge in [-0.3, -0.25) is 0 Å². The lowest BCUT2D eigenvalue weighted by molar-refractivity contribution is 0.870. The van der Waals surface area contributed by atoms with Crippen LogP contribution in [-0.4, -0.2) is 34.9 Å². The van der Waals surface area contributed by atoms with E-state index in [1.807, 2.05) is 17.9 Å². The average Bonchev–Trinajstić information content (AvgIpc) is 2.69. The van der Waals surface area contributed by atoms with E-state index in [2.05, 4.69) is 27.5 Å². The summed E-state index contributed by atoms with van der Waals surface area (Å²) >= 11 is 1.80. The summed E-state index contributed by atoms with van der Waals surface area (Å²) in [6.45, 7) is 2.83. The molecular weight excluding hydrogens is 248 g/mol. The molecule has 0 atom stereocenters. The summed E-state index contributed by atoms with van der Waals surface area (Å²) in [4.78, 5) is 7.93. The van der Waals surface area contributed by atoms with Gasteiger partial charge in [0, 0.05) is 37.8 Å². The first-order valence-electron chi connectivity index (χ1n) is 5.62. The molecule has 0 saturated heterocycles. The minimum absolute atomic E-state index is 0.507. The van der Waals surface area contributed by atoms with Gasteiger partial charge in [-0.1, -0.05) is 0 Å². The van der Waals surface area contributed by atoms with Crippen molar-refractivity contribution in [3.8, 4) is 6.19 Å². The summed E-state index contributed by atoms with van der Waals surface area (Å²) in [5, 5.41) is 14.3. The molecule has 0 amide bonds. The van der Waals surface area contributed by atoms with Crippen molar-refractivity contribution in [2.24, 2.45) is 12.0 Å². The Bertz CT molecular complexity index is 445. The fourth-order valence-electron chi connectivity index (χ4n) is 1.33. The van der Waals surface area contributed by atoms with Gasteiger partial charge in [0.2, 0.25) is 12.2 Å². The zero-order valence-corrected chi connectivity index (χ0v) is 11.7. The van der Waals surface area contributed by atoms with Crippen LogP contribution in [0.2, 0.25) is 0 Å². The maximum Gasteiger partial charge on any atom is 0.209 e. The molecule has 0 unspecified atom stereocenters. The Labute approximate surface area is 112 Å². The molecule has 0 fully saturated rings. The van der Waals surface area contributed by atoms with E-state index in [-0.39, 0.29) is 0 Å². The second-order valence-electron chi connectivity index (χ2n) is 3.68. The Morgan fingerprint density at radius 3 is 3.00 bits per heavy atom. The lowest BCUT2D eigenvalue weighted by Gasteiger charge is -2.06. The number of nitrogens with zero attached hydrogens (tertiary/aromatic N) is 4. The smallest absolute Gasteiger partial charge is 0.209 e. The van der Waals surface area contributed by atoms with Crippen LogP contribution in [0.3, 0.4) is 0 Å². The Kier molecular flexibility index (Phi) is 6.08. The number of nitriles is 1. The van der Waals surface area contributed by atoms with Crippen molar-refractivity contribution >= 4 is 17.7 Å². The standard InChI is InChI=1S/C11H18N6S/c1-9-10(16-8-17(9)3)6-18-5-4-14-11(13-2)15-7-12/h8H,4-6H2,1-3H3,(H2,13,14,15). The Balaban J connectivity index is 2.22. The van der Waals surface area contributed by atoms with Crippen LogP contribution >= 0.6 is 11.8 Å². The number of rotatable bonds is 5. The SMILES string of the molecule is CN/C(=N/C#N)NCCSCc1ncn(C)c1C. The van der Waals surface area contributed by atoms with Crippen LogP contribution in [0.1, 0.15) is 11.4 Å². The second-order valence-corrected chi connectivity index (χ2v) is 4.78. The monoisotopic (exact) mass is 266 g/mol. The summed E-state index contributed by atoms with van der Waals surface area (Å²) in [5.41, 5.74) is 2.33. The third kappa shape index (κ3) is 4.30. The highest BCUT2D eigenvalue weighted by atomic mass is 32.2. The summed E-state index contributed by atoms with van der Waals surface area (Å²) in [5.74, 6) is 2.34. The normalized spacial score (nSPS) is 11.1. The predicted octanol–water partition coefficient (Wildman–Crippen LogP) is 0.608. The minimum Gasteiger partial charge on any atom is -0.359 e. The lowest BCUT2D eigenvalue weighted by atomic mass is 10.4. The topological polar surface area (TPSA) is 78.0 Å². The van der Waals surface area contributed by atoms with Crippen molar-refractivity contribution in [2.45, 2.75) is 12.7 Å². The van der Waals surface area contributed by atoms with Crippen LogP contribution in [0.15, 0.2) is 11.3 Å². The number of hydrogen-bond acceptors (Lipinski definition) is 4. The van der Waals surface area contributed by atoms with E-state index in [4.69, 9.17) is 5.26 Å². The molecule has 0 saturated carbocycles. The van der Waals surface area contributed by atoms with Crippen molar-refractivity contribution < 1.29 is 0 Å². The molecule has 0 bridgehead atoms. The molecule has 98 valence electrons. The van der Waals surface area contributed by atoms with E-state index in [9.17, 15) is 0 Å². The van der Waals surface area contributed by atoms with Crippen LogP contribution in [0.25, 0.3) is 0 Å². The van der Waals surface area contributed by atoms with Crippen molar-refractivity contribution in [3.05, 3.63) is 17.7 Å². The third-order valence-electron chi connectivity index (χ3n) is 2.51. The van der Waals surface area contributed by atoms with Gasteiger partial charge in [0.15, 0.2) is 0 Å². The first-order valence-corrected chi connectivity index (χ1v) is 6.77. The van der Waals surface area contributed by atoms with Gasteiger partial charge in [-0.25, -0.2) is 4.98 Å². The molecule has 0 aliphatic rings. The number of guanidine groups is 1. The summed E-state index contributed by atoms with van der Waals surface area (Å²) < 4.78 is 2.02. The van der Waals surface area contributed by atoms with E-state index in [0.717, 1.165) is 23.7 Å². The maximum atomic E-state index is 8.42. The molecule has 0 radical (unpaired) electrons. The van der Waals surface area contributed by atoms with Crippen molar-refractivity contribution in [1.29, 1.82) is 5.26 Å². The minimum atomic E-state index is 0.507. The van der Waals surface area contributed by atoms with Crippen molar-refractivity contribution in [3.63, 3.8) is 0 Å². The third-order valence-corrected chi connectivity index (χ3v) is 3.48. The van der Waals surface area contributed by atoms with Gasteiger partial charge < -0.3 is 15.2 Å². The van der Waals surface area contributed by atoms with E-state index >= 15 is 0 Å². The van der Waals surface area contributed by atoms with E-state index in [1.165, 1.54) is 5.69 Å². The summed E-state index contributed by atoms with van der Waals surface area (Å²) in [6.07, 6.45) is 3.57. The second kappa shape index (κ2) is 7.61. The molecule has 1 aromatic rings. The average molecular weight is 266 g/mol. The van der Waals surface area contributed by atoms with Gasteiger partial charge in [-0.05, 0) is 6.92 Å². The molecule has 1 aromatic heterocycles. The van der Waals surface area contributed by atoms with Crippen LogP contribution < -0.4 is 10.6 Å². The summed E-state index contributed by atoms with van der Waals surface area (Å²) in [7, 11) is 3.73. The molecule has 1 rings (SSSR count). The zero-order chi connectivity index (χ0) is 13.4.